The summed E-state index contributed by atoms with van der Waals surface area (Å²) < 4.78 is 15.9. The minimum absolute atomic E-state index is 0.169. The van der Waals surface area contributed by atoms with E-state index in [-0.39, 0.29) is 12.3 Å². The van der Waals surface area contributed by atoms with Gasteiger partial charge in [-0.3, -0.25) is 4.79 Å². The Bertz CT molecular complexity index is 719. The second-order valence-electron chi connectivity index (χ2n) is 4.92. The number of nitrogens with one attached hydrogen (secondary N) is 1. The number of halogens is 1. The van der Waals surface area contributed by atoms with Crippen LogP contribution in [0.1, 0.15) is 5.56 Å². The number of pyridine rings is 1. The first-order valence-electron chi connectivity index (χ1n) is 7.03. The number of rotatable bonds is 4. The topological polar surface area (TPSA) is 69.7 Å². The molecule has 0 unspecified atom stereocenters. The third-order valence-corrected chi connectivity index (χ3v) is 3.53. The monoisotopic (exact) mass is 334 g/mol. The van der Waals surface area contributed by atoms with Gasteiger partial charge in [0.25, 0.3) is 0 Å². The Morgan fingerprint density at radius 1 is 1.35 bits per heavy atom. The number of anilines is 1. The summed E-state index contributed by atoms with van der Waals surface area (Å²) in [6, 6.07) is 6.88. The third kappa shape index (κ3) is 3.65. The number of methoxy groups -OCH3 is 1. The number of ether oxygens (including phenoxy) is 3. The molecule has 1 aromatic carbocycles. The van der Waals surface area contributed by atoms with E-state index < -0.39 is 0 Å². The molecule has 2 aromatic rings. The number of hydrogen-bond donors (Lipinski definition) is 1. The number of carbonyl (C=O) groups is 1. The van der Waals surface area contributed by atoms with Crippen LogP contribution in [-0.4, -0.2) is 31.2 Å². The maximum Gasteiger partial charge on any atom is 0.228 e. The average molecular weight is 335 g/mol. The summed E-state index contributed by atoms with van der Waals surface area (Å²) in [6.45, 7) is 0.938. The fourth-order valence-electron chi connectivity index (χ4n) is 2.23. The first-order chi connectivity index (χ1) is 11.2. The van der Waals surface area contributed by atoms with E-state index >= 15 is 0 Å². The zero-order valence-electron chi connectivity index (χ0n) is 12.5. The molecule has 1 aliphatic heterocycles. The van der Waals surface area contributed by atoms with Crippen LogP contribution in [0.5, 0.6) is 17.4 Å². The summed E-state index contributed by atoms with van der Waals surface area (Å²) in [5.74, 6) is 1.41. The predicted octanol–water partition coefficient (Wildman–Crippen LogP) is 2.70. The van der Waals surface area contributed by atoms with E-state index in [1.54, 1.807) is 24.3 Å². The van der Waals surface area contributed by atoms with Crippen molar-refractivity contribution in [2.24, 2.45) is 0 Å². The zero-order valence-corrected chi connectivity index (χ0v) is 13.2. The van der Waals surface area contributed by atoms with Gasteiger partial charge in [-0.05, 0) is 23.8 Å². The number of carbonyl (C=O) groups excluding carboxylic acids is 1. The van der Waals surface area contributed by atoms with Crippen molar-refractivity contribution >= 4 is 23.2 Å². The van der Waals surface area contributed by atoms with Crippen molar-refractivity contribution < 1.29 is 19.0 Å². The summed E-state index contributed by atoms with van der Waals surface area (Å²) in [6.07, 6.45) is 1.70. The van der Waals surface area contributed by atoms with Crippen molar-refractivity contribution in [3.05, 3.63) is 41.0 Å². The molecule has 7 heteroatoms. The summed E-state index contributed by atoms with van der Waals surface area (Å²) in [5.41, 5.74) is 1.35. The molecular weight excluding hydrogens is 320 g/mol. The van der Waals surface area contributed by atoms with Crippen LogP contribution in [0, 0.1) is 0 Å². The van der Waals surface area contributed by atoms with Crippen LogP contribution in [0.15, 0.2) is 30.5 Å². The van der Waals surface area contributed by atoms with E-state index in [4.69, 9.17) is 25.8 Å². The Morgan fingerprint density at radius 2 is 2.17 bits per heavy atom. The second-order valence-corrected chi connectivity index (χ2v) is 5.32. The molecule has 0 bridgehead atoms. The SMILES string of the molecule is COc1ccc(NC(=O)Cc2cc(Cl)c3c(c2)OCCO3)cn1. The highest BCUT2D eigenvalue weighted by Crippen LogP contribution is 2.38. The van der Waals surface area contributed by atoms with Gasteiger partial charge in [-0.1, -0.05) is 11.6 Å². The van der Waals surface area contributed by atoms with Crippen LogP contribution in [0.3, 0.4) is 0 Å². The Hall–Kier alpha value is -2.47. The maximum atomic E-state index is 12.1. The number of nitrogens with zero attached hydrogens (tertiary/aromatic N) is 1. The molecular formula is C16H15ClN2O4. The average Bonchev–Trinajstić information content (AvgIpc) is 2.55. The third-order valence-electron chi connectivity index (χ3n) is 3.25. The number of fused-ring (bicyclic) bond motifs is 1. The number of hydrogen-bond acceptors (Lipinski definition) is 5. The van der Waals surface area contributed by atoms with Crippen LogP contribution in [0.4, 0.5) is 5.69 Å². The molecule has 1 amide bonds. The van der Waals surface area contributed by atoms with Gasteiger partial charge in [-0.2, -0.15) is 0 Å². The van der Waals surface area contributed by atoms with Crippen LogP contribution in [0.25, 0.3) is 0 Å². The first-order valence-corrected chi connectivity index (χ1v) is 7.41. The van der Waals surface area contributed by atoms with Crippen molar-refractivity contribution in [2.45, 2.75) is 6.42 Å². The van der Waals surface area contributed by atoms with Crippen LogP contribution in [-0.2, 0) is 11.2 Å². The van der Waals surface area contributed by atoms with E-state index in [2.05, 4.69) is 10.3 Å². The summed E-state index contributed by atoms with van der Waals surface area (Å²) in [5, 5.41) is 3.21. The molecule has 6 nitrogen and oxygen atoms in total. The first kappa shape index (κ1) is 15.4. The van der Waals surface area contributed by atoms with E-state index in [1.165, 1.54) is 13.3 Å². The molecule has 1 aliphatic rings. The van der Waals surface area contributed by atoms with Crippen molar-refractivity contribution in [1.29, 1.82) is 0 Å². The predicted molar refractivity (Wildman–Crippen MR) is 85.6 cm³/mol. The molecule has 1 N–H and O–H groups in total. The molecule has 120 valence electrons. The molecule has 2 heterocycles. The van der Waals surface area contributed by atoms with Gasteiger partial charge >= 0.3 is 0 Å². The Kier molecular flexibility index (Phi) is 4.52. The van der Waals surface area contributed by atoms with Gasteiger partial charge in [0, 0.05) is 6.07 Å². The van der Waals surface area contributed by atoms with Gasteiger partial charge in [0.05, 0.1) is 30.4 Å². The van der Waals surface area contributed by atoms with Crippen molar-refractivity contribution in [1.82, 2.24) is 4.98 Å². The van der Waals surface area contributed by atoms with Gasteiger partial charge in [0.1, 0.15) is 13.2 Å². The lowest BCUT2D eigenvalue weighted by molar-refractivity contribution is -0.115. The zero-order chi connectivity index (χ0) is 16.2. The molecule has 1 aromatic heterocycles. The van der Waals surface area contributed by atoms with E-state index in [9.17, 15) is 4.79 Å². The fraction of sp³-hybridized carbons (Fsp3) is 0.250. The molecule has 0 aliphatic carbocycles. The quantitative estimate of drug-likeness (QED) is 0.931. The summed E-state index contributed by atoms with van der Waals surface area (Å²) in [4.78, 5) is 16.2. The minimum Gasteiger partial charge on any atom is -0.486 e. The lowest BCUT2D eigenvalue weighted by Crippen LogP contribution is -2.17. The molecule has 0 spiro atoms. The van der Waals surface area contributed by atoms with E-state index in [1.807, 2.05) is 0 Å². The Balaban J connectivity index is 1.68. The molecule has 0 fully saturated rings. The highest BCUT2D eigenvalue weighted by atomic mass is 35.5. The van der Waals surface area contributed by atoms with E-state index in [0.717, 1.165) is 5.56 Å². The minimum atomic E-state index is -0.176. The lowest BCUT2D eigenvalue weighted by Gasteiger charge is -2.20. The Labute approximate surface area is 138 Å². The summed E-state index contributed by atoms with van der Waals surface area (Å²) >= 11 is 6.16. The van der Waals surface area contributed by atoms with Crippen molar-refractivity contribution in [2.75, 3.05) is 25.6 Å². The second kappa shape index (κ2) is 6.75. The Morgan fingerprint density at radius 3 is 2.91 bits per heavy atom. The highest BCUT2D eigenvalue weighted by Gasteiger charge is 2.17. The largest absolute Gasteiger partial charge is 0.486 e. The smallest absolute Gasteiger partial charge is 0.228 e. The normalized spacial score (nSPS) is 12.6. The highest BCUT2D eigenvalue weighted by molar-refractivity contribution is 6.32. The molecule has 0 atom stereocenters. The van der Waals surface area contributed by atoms with Gasteiger partial charge in [0.2, 0.25) is 11.8 Å². The number of benzene rings is 1. The van der Waals surface area contributed by atoms with Gasteiger partial charge in [-0.25, -0.2) is 4.98 Å². The van der Waals surface area contributed by atoms with Gasteiger partial charge in [0.15, 0.2) is 11.5 Å². The number of aromatic nitrogens is 1. The van der Waals surface area contributed by atoms with Crippen molar-refractivity contribution in [3.63, 3.8) is 0 Å². The fourth-order valence-corrected chi connectivity index (χ4v) is 2.52. The van der Waals surface area contributed by atoms with Crippen molar-refractivity contribution in [3.8, 4) is 17.4 Å². The standard InChI is InChI=1S/C16H15ClN2O4/c1-21-15-3-2-11(9-18-15)19-14(20)8-10-6-12(17)16-13(7-10)22-4-5-23-16/h2-3,6-7,9H,4-5,8H2,1H3,(H,19,20). The van der Waals surface area contributed by atoms with Gasteiger partial charge in [-0.15, -0.1) is 0 Å². The summed E-state index contributed by atoms with van der Waals surface area (Å²) in [7, 11) is 1.53. The van der Waals surface area contributed by atoms with Gasteiger partial charge < -0.3 is 19.5 Å². The molecule has 23 heavy (non-hydrogen) atoms. The van der Waals surface area contributed by atoms with E-state index in [0.29, 0.717) is 41.3 Å². The van der Waals surface area contributed by atoms with Crippen LogP contribution in [0.2, 0.25) is 5.02 Å². The molecule has 3 rings (SSSR count). The molecule has 0 saturated heterocycles. The number of amides is 1. The molecule has 0 saturated carbocycles. The molecule has 0 radical (unpaired) electrons. The van der Waals surface area contributed by atoms with Crippen LogP contribution < -0.4 is 19.5 Å². The maximum absolute atomic E-state index is 12.1. The lowest BCUT2D eigenvalue weighted by atomic mass is 10.1. The van der Waals surface area contributed by atoms with Crippen LogP contribution >= 0.6 is 11.6 Å².